The first-order chi connectivity index (χ1) is 8.10. The van der Waals surface area contributed by atoms with Crippen molar-refractivity contribution in [3.8, 4) is 0 Å². The van der Waals surface area contributed by atoms with Gasteiger partial charge in [-0.05, 0) is 49.6 Å². The van der Waals surface area contributed by atoms with Crippen LogP contribution in [0.1, 0.15) is 18.9 Å². The van der Waals surface area contributed by atoms with Gasteiger partial charge in [-0.2, -0.15) is 0 Å². The fraction of sp³-hybridized carbons (Fsp3) is 0.538. The number of rotatable bonds is 3. The van der Waals surface area contributed by atoms with Crippen LogP contribution in [0.5, 0.6) is 0 Å². The summed E-state index contributed by atoms with van der Waals surface area (Å²) in [6.07, 6.45) is 1.20. The predicted octanol–water partition coefficient (Wildman–Crippen LogP) is 3.69. The van der Waals surface area contributed by atoms with Crippen LogP contribution >= 0.6 is 39.9 Å². The highest BCUT2D eigenvalue weighted by Crippen LogP contribution is 2.28. The topological polar surface area (TPSA) is 29.3 Å². The van der Waals surface area contributed by atoms with Crippen molar-refractivity contribution in [1.29, 1.82) is 0 Å². The SMILES string of the molecule is CC1CC(CN)CN1Cc1cc(Cl)ccc1Br.Cl. The van der Waals surface area contributed by atoms with Gasteiger partial charge in [0.25, 0.3) is 0 Å². The van der Waals surface area contributed by atoms with Crippen LogP contribution in [0.2, 0.25) is 5.02 Å². The molecule has 1 fully saturated rings. The molecule has 2 N–H and O–H groups in total. The van der Waals surface area contributed by atoms with Gasteiger partial charge in [-0.3, -0.25) is 4.90 Å². The van der Waals surface area contributed by atoms with Crippen LogP contribution in [0.4, 0.5) is 0 Å². The summed E-state index contributed by atoms with van der Waals surface area (Å²) in [5.74, 6) is 0.642. The zero-order valence-corrected chi connectivity index (χ0v) is 13.6. The average molecular weight is 354 g/mol. The molecule has 0 saturated carbocycles. The molecule has 18 heavy (non-hydrogen) atoms. The van der Waals surface area contributed by atoms with Crippen molar-refractivity contribution < 1.29 is 0 Å². The van der Waals surface area contributed by atoms with E-state index >= 15 is 0 Å². The number of hydrogen-bond donors (Lipinski definition) is 1. The van der Waals surface area contributed by atoms with Gasteiger partial charge in [0.05, 0.1) is 0 Å². The molecule has 0 radical (unpaired) electrons. The molecule has 2 nitrogen and oxygen atoms in total. The summed E-state index contributed by atoms with van der Waals surface area (Å²) in [5.41, 5.74) is 7.00. The molecule has 1 aliphatic rings. The Kier molecular flexibility index (Phi) is 6.42. The van der Waals surface area contributed by atoms with Crippen molar-refractivity contribution in [2.24, 2.45) is 11.7 Å². The zero-order chi connectivity index (χ0) is 12.4. The Morgan fingerprint density at radius 1 is 1.50 bits per heavy atom. The monoisotopic (exact) mass is 352 g/mol. The second kappa shape index (κ2) is 7.11. The fourth-order valence-corrected chi connectivity index (χ4v) is 3.06. The van der Waals surface area contributed by atoms with Crippen LogP contribution in [-0.4, -0.2) is 24.0 Å². The minimum atomic E-state index is 0. The minimum Gasteiger partial charge on any atom is -0.330 e. The smallest absolute Gasteiger partial charge is 0.0410 e. The van der Waals surface area contributed by atoms with E-state index in [-0.39, 0.29) is 12.4 Å². The van der Waals surface area contributed by atoms with Gasteiger partial charge in [-0.25, -0.2) is 0 Å². The lowest BCUT2D eigenvalue weighted by Gasteiger charge is -2.21. The lowest BCUT2D eigenvalue weighted by atomic mass is 10.1. The van der Waals surface area contributed by atoms with E-state index in [0.29, 0.717) is 12.0 Å². The summed E-state index contributed by atoms with van der Waals surface area (Å²) < 4.78 is 1.13. The number of likely N-dealkylation sites (tertiary alicyclic amines) is 1. The third kappa shape index (κ3) is 3.84. The maximum atomic E-state index is 6.04. The molecular formula is C13H19BrCl2N2. The maximum Gasteiger partial charge on any atom is 0.0410 e. The van der Waals surface area contributed by atoms with Gasteiger partial charge >= 0.3 is 0 Å². The Morgan fingerprint density at radius 3 is 2.83 bits per heavy atom. The van der Waals surface area contributed by atoms with E-state index in [1.165, 1.54) is 12.0 Å². The van der Waals surface area contributed by atoms with E-state index in [1.807, 2.05) is 18.2 Å². The second-order valence-electron chi connectivity index (χ2n) is 4.85. The highest BCUT2D eigenvalue weighted by atomic mass is 79.9. The molecule has 2 atom stereocenters. The Balaban J connectivity index is 0.00000162. The molecule has 1 aromatic rings. The van der Waals surface area contributed by atoms with Crippen molar-refractivity contribution in [2.45, 2.75) is 25.9 Å². The lowest BCUT2D eigenvalue weighted by molar-refractivity contribution is 0.255. The van der Waals surface area contributed by atoms with Crippen molar-refractivity contribution in [1.82, 2.24) is 4.90 Å². The van der Waals surface area contributed by atoms with Crippen LogP contribution < -0.4 is 5.73 Å². The normalized spacial score (nSPS) is 24.0. The molecule has 2 unspecified atom stereocenters. The third-order valence-electron chi connectivity index (χ3n) is 3.51. The molecule has 0 spiro atoms. The quantitative estimate of drug-likeness (QED) is 0.897. The van der Waals surface area contributed by atoms with Gasteiger partial charge < -0.3 is 5.73 Å². The highest BCUT2D eigenvalue weighted by Gasteiger charge is 2.28. The van der Waals surface area contributed by atoms with Crippen LogP contribution in [-0.2, 0) is 6.54 Å². The zero-order valence-electron chi connectivity index (χ0n) is 10.4. The molecule has 0 bridgehead atoms. The van der Waals surface area contributed by atoms with Crippen molar-refractivity contribution in [2.75, 3.05) is 13.1 Å². The first kappa shape index (κ1) is 16.3. The van der Waals surface area contributed by atoms with E-state index < -0.39 is 0 Å². The van der Waals surface area contributed by atoms with Crippen molar-refractivity contribution >= 4 is 39.9 Å². The highest BCUT2D eigenvalue weighted by molar-refractivity contribution is 9.10. The van der Waals surface area contributed by atoms with E-state index in [2.05, 4.69) is 27.8 Å². The number of hydrogen-bond acceptors (Lipinski definition) is 2. The van der Waals surface area contributed by atoms with Crippen LogP contribution in [0.15, 0.2) is 22.7 Å². The van der Waals surface area contributed by atoms with Crippen LogP contribution in [0.3, 0.4) is 0 Å². The van der Waals surface area contributed by atoms with E-state index in [9.17, 15) is 0 Å². The maximum absolute atomic E-state index is 6.04. The fourth-order valence-electron chi connectivity index (χ4n) is 2.49. The molecule has 2 rings (SSSR count). The van der Waals surface area contributed by atoms with E-state index in [4.69, 9.17) is 17.3 Å². The number of benzene rings is 1. The lowest BCUT2D eigenvalue weighted by Crippen LogP contribution is -2.27. The van der Waals surface area contributed by atoms with E-state index in [1.54, 1.807) is 0 Å². The average Bonchev–Trinajstić information content (AvgIpc) is 2.65. The first-order valence-electron chi connectivity index (χ1n) is 5.98. The van der Waals surface area contributed by atoms with Gasteiger partial charge in [0.1, 0.15) is 0 Å². The largest absolute Gasteiger partial charge is 0.330 e. The summed E-state index contributed by atoms with van der Waals surface area (Å²) in [7, 11) is 0. The molecule has 102 valence electrons. The van der Waals surface area contributed by atoms with E-state index in [0.717, 1.165) is 29.1 Å². The van der Waals surface area contributed by atoms with Crippen molar-refractivity contribution in [3.63, 3.8) is 0 Å². The Bertz CT molecular complexity index is 401. The van der Waals surface area contributed by atoms with Gasteiger partial charge in [-0.1, -0.05) is 27.5 Å². The van der Waals surface area contributed by atoms with Gasteiger partial charge in [-0.15, -0.1) is 12.4 Å². The standard InChI is InChI=1S/C13H18BrClN2.ClH/c1-9-4-10(6-16)7-17(9)8-11-5-12(15)2-3-13(11)14;/h2-3,5,9-10H,4,6-8,16H2,1H3;1H. The number of nitrogens with two attached hydrogens (primary N) is 1. The van der Waals surface area contributed by atoms with Crippen LogP contribution in [0, 0.1) is 5.92 Å². The van der Waals surface area contributed by atoms with Gasteiger partial charge in [0.2, 0.25) is 0 Å². The third-order valence-corrected chi connectivity index (χ3v) is 4.51. The van der Waals surface area contributed by atoms with Gasteiger partial charge in [0.15, 0.2) is 0 Å². The molecule has 1 aliphatic heterocycles. The first-order valence-corrected chi connectivity index (χ1v) is 7.15. The second-order valence-corrected chi connectivity index (χ2v) is 6.14. The summed E-state index contributed by atoms with van der Waals surface area (Å²) in [4.78, 5) is 2.48. The Hall–Kier alpha value is 0.200. The summed E-state index contributed by atoms with van der Waals surface area (Å²) in [5, 5.41) is 0.797. The number of halogens is 3. The minimum absolute atomic E-state index is 0. The molecule has 0 amide bonds. The van der Waals surface area contributed by atoms with Crippen LogP contribution in [0.25, 0.3) is 0 Å². The summed E-state index contributed by atoms with van der Waals surface area (Å²) in [6, 6.07) is 6.56. The van der Waals surface area contributed by atoms with Crippen molar-refractivity contribution in [3.05, 3.63) is 33.3 Å². The molecular weight excluding hydrogens is 335 g/mol. The molecule has 0 aromatic heterocycles. The molecule has 1 heterocycles. The molecule has 5 heteroatoms. The summed E-state index contributed by atoms with van der Waals surface area (Å²) in [6.45, 7) is 5.10. The summed E-state index contributed by atoms with van der Waals surface area (Å²) >= 11 is 9.62. The molecule has 1 saturated heterocycles. The molecule has 1 aromatic carbocycles. The Labute approximate surface area is 128 Å². The number of nitrogens with zero attached hydrogens (tertiary/aromatic N) is 1. The molecule has 0 aliphatic carbocycles. The van der Waals surface area contributed by atoms with Gasteiger partial charge in [0, 0.05) is 28.6 Å². The Morgan fingerprint density at radius 2 is 2.22 bits per heavy atom. The predicted molar refractivity (Wildman–Crippen MR) is 83.4 cm³/mol.